The van der Waals surface area contributed by atoms with Gasteiger partial charge in [0.05, 0.1) is 19.1 Å². The van der Waals surface area contributed by atoms with Gasteiger partial charge in [0.2, 0.25) is 5.91 Å². The number of hydrogen-bond acceptors (Lipinski definition) is 8. The molecule has 0 aliphatic carbocycles. The highest BCUT2D eigenvalue weighted by atomic mass is 16.6. The number of methoxy groups -OCH3 is 2. The van der Waals surface area contributed by atoms with Crippen molar-refractivity contribution in [2.45, 2.75) is 31.6 Å². The zero-order chi connectivity index (χ0) is 25.1. The minimum absolute atomic E-state index is 0.0782. The number of fused-ring (bicyclic) bond motifs is 1. The van der Waals surface area contributed by atoms with Gasteiger partial charge in [0.15, 0.2) is 5.41 Å². The van der Waals surface area contributed by atoms with Crippen LogP contribution < -0.4 is 5.32 Å². The lowest BCUT2D eigenvalue weighted by atomic mass is 9.55. The molecular weight excluding hydrogens is 444 g/mol. The zero-order valence-corrected chi connectivity index (χ0v) is 19.0. The first-order valence-corrected chi connectivity index (χ1v) is 10.4. The number of ketones is 1. The van der Waals surface area contributed by atoms with Gasteiger partial charge in [0, 0.05) is 24.2 Å². The fraction of sp³-hybridized carbons (Fsp3) is 0.333. The molecule has 1 N–H and O–H groups in total. The van der Waals surface area contributed by atoms with Crippen molar-refractivity contribution in [3.8, 4) is 0 Å². The van der Waals surface area contributed by atoms with E-state index < -0.39 is 45.8 Å². The van der Waals surface area contributed by atoms with E-state index in [-0.39, 0.29) is 18.5 Å². The molecule has 2 aromatic carbocycles. The van der Waals surface area contributed by atoms with Crippen LogP contribution in [0.2, 0.25) is 0 Å². The van der Waals surface area contributed by atoms with Crippen LogP contribution in [-0.2, 0) is 40.5 Å². The number of para-hydroxylation sites is 1. The van der Waals surface area contributed by atoms with Crippen molar-refractivity contribution in [3.63, 3.8) is 0 Å². The van der Waals surface area contributed by atoms with E-state index in [1.165, 1.54) is 31.2 Å². The van der Waals surface area contributed by atoms with E-state index in [1.807, 2.05) is 0 Å². The average Bonchev–Trinajstić information content (AvgIpc) is 3.12. The molecule has 178 valence electrons. The van der Waals surface area contributed by atoms with Crippen LogP contribution in [0.1, 0.15) is 30.9 Å². The predicted molar refractivity (Wildman–Crippen MR) is 120 cm³/mol. The highest BCUT2D eigenvalue weighted by Gasteiger charge is 2.70. The number of anilines is 1. The SMILES string of the molecule is COC(=O)C(CC(C)=O)(C(=O)OC)[C@@]1(CCc2ccc([N+](=O)[O-])cc2)C(=O)Nc2ccccc21. The van der Waals surface area contributed by atoms with Crippen LogP contribution in [0.4, 0.5) is 11.4 Å². The quantitative estimate of drug-likeness (QED) is 0.256. The molecule has 1 atom stereocenters. The lowest BCUT2D eigenvalue weighted by molar-refractivity contribution is -0.384. The van der Waals surface area contributed by atoms with Crippen molar-refractivity contribution in [2.75, 3.05) is 19.5 Å². The number of nitrogens with zero attached hydrogens (tertiary/aromatic N) is 1. The van der Waals surface area contributed by atoms with E-state index in [9.17, 15) is 29.3 Å². The first-order chi connectivity index (χ1) is 16.1. The lowest BCUT2D eigenvalue weighted by Crippen LogP contribution is -2.61. The van der Waals surface area contributed by atoms with E-state index in [1.54, 1.807) is 24.3 Å². The summed E-state index contributed by atoms with van der Waals surface area (Å²) >= 11 is 0. The van der Waals surface area contributed by atoms with Crippen LogP contribution in [0.15, 0.2) is 48.5 Å². The molecule has 2 aromatic rings. The number of esters is 2. The number of carbonyl (C=O) groups is 4. The van der Waals surface area contributed by atoms with Crippen molar-refractivity contribution in [2.24, 2.45) is 5.41 Å². The highest BCUT2D eigenvalue weighted by molar-refractivity contribution is 6.17. The number of ether oxygens (including phenoxy) is 2. The van der Waals surface area contributed by atoms with E-state index in [0.717, 1.165) is 14.2 Å². The van der Waals surface area contributed by atoms with E-state index in [2.05, 4.69) is 5.32 Å². The summed E-state index contributed by atoms with van der Waals surface area (Å²) in [6.45, 7) is 1.21. The Labute approximate surface area is 195 Å². The van der Waals surface area contributed by atoms with Crippen molar-refractivity contribution in [3.05, 3.63) is 69.8 Å². The van der Waals surface area contributed by atoms with Crippen LogP contribution >= 0.6 is 0 Å². The van der Waals surface area contributed by atoms with Crippen LogP contribution in [0.5, 0.6) is 0 Å². The Balaban J connectivity index is 2.25. The number of Topliss-reactive ketones (excluding diaryl/α,β-unsaturated/α-hetero) is 1. The number of hydrogen-bond donors (Lipinski definition) is 1. The number of nitro groups is 1. The molecule has 10 nitrogen and oxygen atoms in total. The van der Waals surface area contributed by atoms with E-state index >= 15 is 0 Å². The van der Waals surface area contributed by atoms with Crippen molar-refractivity contribution in [1.29, 1.82) is 0 Å². The molecule has 0 unspecified atom stereocenters. The second-order valence-electron chi connectivity index (χ2n) is 8.10. The molecular formula is C24H24N2O8. The number of aryl methyl sites for hydroxylation is 1. The van der Waals surface area contributed by atoms with Gasteiger partial charge in [-0.2, -0.15) is 0 Å². The summed E-state index contributed by atoms with van der Waals surface area (Å²) in [6.07, 6.45) is -0.535. The fourth-order valence-electron chi connectivity index (χ4n) is 4.77. The number of amides is 1. The molecule has 0 spiro atoms. The molecule has 0 radical (unpaired) electrons. The maximum absolute atomic E-state index is 13.7. The van der Waals surface area contributed by atoms with Crippen LogP contribution in [0, 0.1) is 15.5 Å². The van der Waals surface area contributed by atoms with Crippen LogP contribution in [-0.4, -0.2) is 42.8 Å². The number of nitrogens with one attached hydrogen (secondary N) is 1. The molecule has 0 aromatic heterocycles. The zero-order valence-electron chi connectivity index (χ0n) is 19.0. The van der Waals surface area contributed by atoms with Crippen molar-refractivity contribution in [1.82, 2.24) is 0 Å². The first-order valence-electron chi connectivity index (χ1n) is 10.4. The number of non-ortho nitro benzene ring substituents is 1. The van der Waals surface area contributed by atoms with Gasteiger partial charge >= 0.3 is 11.9 Å². The molecule has 34 heavy (non-hydrogen) atoms. The Morgan fingerprint density at radius 3 is 2.15 bits per heavy atom. The van der Waals surface area contributed by atoms with Gasteiger partial charge in [-0.3, -0.25) is 29.3 Å². The molecule has 0 fully saturated rings. The van der Waals surface area contributed by atoms with Crippen LogP contribution in [0.25, 0.3) is 0 Å². The number of nitro benzene ring substituents is 1. The normalized spacial score (nSPS) is 16.9. The molecule has 10 heteroatoms. The molecule has 0 bridgehead atoms. The first kappa shape index (κ1) is 24.6. The van der Waals surface area contributed by atoms with Gasteiger partial charge in [-0.25, -0.2) is 0 Å². The maximum atomic E-state index is 13.7. The molecule has 0 saturated heterocycles. The van der Waals surface area contributed by atoms with Gasteiger partial charge in [-0.1, -0.05) is 30.3 Å². The summed E-state index contributed by atoms with van der Waals surface area (Å²) in [5.41, 5.74) is -2.83. The largest absolute Gasteiger partial charge is 0.468 e. The second kappa shape index (κ2) is 9.42. The summed E-state index contributed by atoms with van der Waals surface area (Å²) in [4.78, 5) is 63.1. The van der Waals surface area contributed by atoms with Crippen molar-refractivity contribution >= 4 is 35.0 Å². The monoisotopic (exact) mass is 468 g/mol. The molecule has 0 saturated carbocycles. The third kappa shape index (κ3) is 3.81. The minimum Gasteiger partial charge on any atom is -0.468 e. The molecule has 1 aliphatic heterocycles. The highest BCUT2D eigenvalue weighted by Crippen LogP contribution is 2.55. The Morgan fingerprint density at radius 2 is 1.62 bits per heavy atom. The summed E-state index contributed by atoms with van der Waals surface area (Å²) in [5, 5.41) is 13.7. The molecule has 1 amide bonds. The third-order valence-corrected chi connectivity index (χ3v) is 6.27. The Morgan fingerprint density at radius 1 is 1.03 bits per heavy atom. The van der Waals surface area contributed by atoms with Crippen LogP contribution in [0.3, 0.4) is 0 Å². The predicted octanol–water partition coefficient (Wildman–Crippen LogP) is 2.73. The second-order valence-corrected chi connectivity index (χ2v) is 8.10. The smallest absolute Gasteiger partial charge is 0.325 e. The number of benzene rings is 2. The molecule has 1 aliphatic rings. The Kier molecular flexibility index (Phi) is 6.80. The number of carbonyl (C=O) groups excluding carboxylic acids is 4. The molecule has 1 heterocycles. The summed E-state index contributed by atoms with van der Waals surface area (Å²) in [6, 6.07) is 12.3. The topological polar surface area (TPSA) is 142 Å². The third-order valence-electron chi connectivity index (χ3n) is 6.27. The minimum atomic E-state index is -2.29. The van der Waals surface area contributed by atoms with E-state index in [4.69, 9.17) is 9.47 Å². The van der Waals surface area contributed by atoms with Gasteiger partial charge in [0.25, 0.3) is 5.69 Å². The van der Waals surface area contributed by atoms with Gasteiger partial charge in [0.1, 0.15) is 11.2 Å². The van der Waals surface area contributed by atoms with Gasteiger partial charge in [-0.05, 0) is 37.0 Å². The molecule has 3 rings (SSSR count). The van der Waals surface area contributed by atoms with Crippen molar-refractivity contribution < 1.29 is 33.6 Å². The average molecular weight is 468 g/mol. The summed E-state index contributed by atoms with van der Waals surface area (Å²) in [5.74, 6) is -3.29. The maximum Gasteiger partial charge on any atom is 0.325 e. The Bertz CT molecular complexity index is 1140. The Hall–Kier alpha value is -4.08. The summed E-state index contributed by atoms with van der Waals surface area (Å²) in [7, 11) is 2.14. The number of rotatable bonds is 9. The van der Waals surface area contributed by atoms with Gasteiger partial charge < -0.3 is 14.8 Å². The van der Waals surface area contributed by atoms with Gasteiger partial charge in [-0.15, -0.1) is 0 Å². The van der Waals surface area contributed by atoms with E-state index in [0.29, 0.717) is 16.8 Å². The summed E-state index contributed by atoms with van der Waals surface area (Å²) < 4.78 is 9.98. The lowest BCUT2D eigenvalue weighted by Gasteiger charge is -2.42. The standard InChI is InChI=1S/C24H24N2O8/c1-15(27)14-24(21(29)33-2,22(30)34-3)23(18-6-4-5-7-19(18)25-20(23)28)13-12-16-8-10-17(11-9-16)26(31)32/h4-11H,12-14H2,1-3H3,(H,25,28)/t23-/m1/s1. The fourth-order valence-corrected chi connectivity index (χ4v) is 4.77.